The molecule has 2 amide bonds. The molecular weight excluding hydrogens is 538 g/mol. The van der Waals surface area contributed by atoms with Crippen molar-refractivity contribution in [1.29, 1.82) is 0 Å². The largest absolute Gasteiger partial charge is 0.460 e. The molecule has 1 aromatic rings. The van der Waals surface area contributed by atoms with Crippen LogP contribution in [-0.4, -0.2) is 59.4 Å². The van der Waals surface area contributed by atoms with Crippen molar-refractivity contribution in [3.8, 4) is 0 Å². The minimum atomic E-state index is -1.12. The number of rotatable bonds is 14. The number of esters is 3. The van der Waals surface area contributed by atoms with E-state index in [-0.39, 0.29) is 12.8 Å². The number of unbranched alkanes of at least 4 members (excludes halogenated alkanes) is 1. The Morgan fingerprint density at radius 2 is 1.26 bits per heavy atom. The molecule has 238 valence electrons. The molecular formula is C32H53N3O7. The van der Waals surface area contributed by atoms with Crippen molar-refractivity contribution in [1.82, 2.24) is 16.0 Å². The van der Waals surface area contributed by atoms with Crippen LogP contribution in [0.15, 0.2) is 24.3 Å². The first kappa shape index (κ1) is 36.9. The number of aryl methyl sites for hydroxylation is 1. The van der Waals surface area contributed by atoms with E-state index in [1.807, 2.05) is 6.07 Å². The molecule has 0 aliphatic heterocycles. The fourth-order valence-corrected chi connectivity index (χ4v) is 3.91. The second-order valence-corrected chi connectivity index (χ2v) is 13.6. The average Bonchev–Trinajstić information content (AvgIpc) is 2.79. The van der Waals surface area contributed by atoms with E-state index < -0.39 is 52.8 Å². The summed E-state index contributed by atoms with van der Waals surface area (Å²) in [6.45, 7) is 19.2. The molecule has 0 saturated carbocycles. The lowest BCUT2D eigenvalue weighted by Crippen LogP contribution is -2.53. The number of benzene rings is 1. The number of urea groups is 1. The van der Waals surface area contributed by atoms with Gasteiger partial charge in [-0.1, -0.05) is 29.8 Å². The van der Waals surface area contributed by atoms with Gasteiger partial charge in [-0.15, -0.1) is 0 Å². The Kier molecular flexibility index (Phi) is 14.5. The summed E-state index contributed by atoms with van der Waals surface area (Å²) in [6.07, 6.45) is 1.65. The molecule has 0 radical (unpaired) electrons. The van der Waals surface area contributed by atoms with Crippen molar-refractivity contribution in [2.75, 3.05) is 6.54 Å². The molecule has 0 aromatic heterocycles. The summed E-state index contributed by atoms with van der Waals surface area (Å²) in [7, 11) is 0. The summed E-state index contributed by atoms with van der Waals surface area (Å²) in [5, 5.41) is 8.65. The van der Waals surface area contributed by atoms with E-state index in [1.54, 1.807) is 62.3 Å². The van der Waals surface area contributed by atoms with Crippen molar-refractivity contribution in [2.24, 2.45) is 0 Å². The lowest BCUT2D eigenvalue weighted by Gasteiger charge is -2.27. The number of hydrogen-bond donors (Lipinski definition) is 3. The van der Waals surface area contributed by atoms with E-state index in [9.17, 15) is 19.2 Å². The normalized spacial score (nSPS) is 13.5. The molecule has 0 fully saturated rings. The van der Waals surface area contributed by atoms with Gasteiger partial charge >= 0.3 is 23.9 Å². The Labute approximate surface area is 252 Å². The van der Waals surface area contributed by atoms with Gasteiger partial charge in [-0.05, 0) is 107 Å². The third-order valence-corrected chi connectivity index (χ3v) is 5.56. The number of nitrogens with one attached hydrogen (secondary N) is 3. The van der Waals surface area contributed by atoms with Gasteiger partial charge in [-0.25, -0.2) is 14.4 Å². The number of amides is 2. The van der Waals surface area contributed by atoms with E-state index in [1.165, 1.54) is 11.1 Å². The predicted octanol–water partition coefficient (Wildman–Crippen LogP) is 5.10. The first-order valence-corrected chi connectivity index (χ1v) is 14.7. The Balaban J connectivity index is 2.81. The van der Waals surface area contributed by atoms with Crippen LogP contribution < -0.4 is 16.0 Å². The van der Waals surface area contributed by atoms with Crippen molar-refractivity contribution in [3.63, 3.8) is 0 Å². The van der Waals surface area contributed by atoms with Crippen LogP contribution in [0.3, 0.4) is 0 Å². The zero-order valence-electron chi connectivity index (χ0n) is 27.3. The summed E-state index contributed by atoms with van der Waals surface area (Å²) in [4.78, 5) is 51.1. The highest BCUT2D eigenvalue weighted by atomic mass is 16.6. The van der Waals surface area contributed by atoms with Gasteiger partial charge in [0.25, 0.3) is 0 Å². The Hall–Kier alpha value is -3.14. The van der Waals surface area contributed by atoms with Crippen molar-refractivity contribution >= 4 is 23.9 Å². The lowest BCUT2D eigenvalue weighted by molar-refractivity contribution is -0.159. The van der Waals surface area contributed by atoms with Crippen LogP contribution in [0.25, 0.3) is 0 Å². The Morgan fingerprint density at radius 1 is 0.738 bits per heavy atom. The second-order valence-electron chi connectivity index (χ2n) is 13.6. The Bertz CT molecular complexity index is 1040. The van der Waals surface area contributed by atoms with Gasteiger partial charge in [0.2, 0.25) is 0 Å². The van der Waals surface area contributed by atoms with Crippen LogP contribution in [0, 0.1) is 6.92 Å². The molecule has 1 aromatic carbocycles. The molecule has 0 saturated heterocycles. The minimum absolute atomic E-state index is 0.0268. The van der Waals surface area contributed by atoms with Crippen LogP contribution in [0.4, 0.5) is 4.79 Å². The fourth-order valence-electron chi connectivity index (χ4n) is 3.91. The van der Waals surface area contributed by atoms with Crippen molar-refractivity contribution in [3.05, 3.63) is 35.4 Å². The van der Waals surface area contributed by atoms with E-state index in [2.05, 4.69) is 41.1 Å². The highest BCUT2D eigenvalue weighted by Crippen LogP contribution is 2.15. The average molecular weight is 592 g/mol. The molecule has 0 aliphatic rings. The molecule has 10 heteroatoms. The second kappa shape index (κ2) is 16.5. The molecule has 3 N–H and O–H groups in total. The number of ether oxygens (including phenoxy) is 3. The molecule has 0 bridgehead atoms. The maximum Gasteiger partial charge on any atom is 0.329 e. The summed E-state index contributed by atoms with van der Waals surface area (Å²) in [6, 6.07) is 5.50. The first-order chi connectivity index (χ1) is 19.2. The van der Waals surface area contributed by atoms with Gasteiger partial charge in [-0.3, -0.25) is 4.79 Å². The van der Waals surface area contributed by atoms with Gasteiger partial charge in [0.05, 0.1) is 0 Å². The zero-order valence-corrected chi connectivity index (χ0v) is 27.3. The maximum atomic E-state index is 13.0. The monoisotopic (exact) mass is 591 g/mol. The van der Waals surface area contributed by atoms with Crippen LogP contribution in [0.1, 0.15) is 106 Å². The Morgan fingerprint density at radius 3 is 1.76 bits per heavy atom. The third-order valence-electron chi connectivity index (χ3n) is 5.56. The molecule has 42 heavy (non-hydrogen) atoms. The molecule has 0 heterocycles. The predicted molar refractivity (Wildman–Crippen MR) is 163 cm³/mol. The summed E-state index contributed by atoms with van der Waals surface area (Å²) in [5.74, 6) is -1.75. The van der Waals surface area contributed by atoms with Gasteiger partial charge < -0.3 is 30.2 Å². The zero-order chi connectivity index (χ0) is 32.1. The number of carbonyl (C=O) groups is 4. The number of carbonyl (C=O) groups excluding carboxylic acids is 4. The molecule has 0 unspecified atom stereocenters. The topological polar surface area (TPSA) is 132 Å². The fraction of sp³-hybridized carbons (Fsp3) is 0.688. The molecule has 0 aliphatic carbocycles. The number of hydrogen-bond acceptors (Lipinski definition) is 8. The van der Waals surface area contributed by atoms with Gasteiger partial charge in [0, 0.05) is 13.0 Å². The van der Waals surface area contributed by atoms with Crippen molar-refractivity contribution in [2.45, 2.75) is 137 Å². The van der Waals surface area contributed by atoms with E-state index in [4.69, 9.17) is 14.2 Å². The smallest absolute Gasteiger partial charge is 0.329 e. The standard InChI is InChI=1S/C32H53N3O7/c1-22-14-13-15-23(20-22)21-33-19-12-11-16-24(27(37)41-31(5,6)7)34-29(39)35-25(28(38)42-32(8,9)10)17-18-26(36)40-30(2,3)4/h13-15,20,24-25,33H,11-12,16-19,21H2,1-10H3,(H2,34,35,39)/t24-,25-/m0/s1. The third kappa shape index (κ3) is 17.6. The van der Waals surface area contributed by atoms with Gasteiger partial charge in [0.15, 0.2) is 0 Å². The molecule has 2 atom stereocenters. The van der Waals surface area contributed by atoms with E-state index in [0.29, 0.717) is 12.8 Å². The lowest BCUT2D eigenvalue weighted by atomic mass is 10.1. The minimum Gasteiger partial charge on any atom is -0.460 e. The van der Waals surface area contributed by atoms with Gasteiger partial charge in [0.1, 0.15) is 28.9 Å². The van der Waals surface area contributed by atoms with E-state index in [0.717, 1.165) is 19.5 Å². The van der Waals surface area contributed by atoms with Crippen molar-refractivity contribution < 1.29 is 33.4 Å². The molecule has 10 nitrogen and oxygen atoms in total. The van der Waals surface area contributed by atoms with E-state index >= 15 is 0 Å². The highest BCUT2D eigenvalue weighted by Gasteiger charge is 2.31. The van der Waals surface area contributed by atoms with Crippen LogP contribution in [0.2, 0.25) is 0 Å². The SMILES string of the molecule is Cc1cccc(CNCCCC[C@H](NC(=O)N[C@@H](CCC(=O)OC(C)(C)C)C(=O)OC(C)(C)C)C(=O)OC(C)(C)C)c1. The quantitative estimate of drug-likeness (QED) is 0.155. The summed E-state index contributed by atoms with van der Waals surface area (Å²) >= 11 is 0. The van der Waals surface area contributed by atoms with Crippen LogP contribution in [-0.2, 0) is 35.1 Å². The van der Waals surface area contributed by atoms with Crippen LogP contribution in [0.5, 0.6) is 0 Å². The highest BCUT2D eigenvalue weighted by molar-refractivity contribution is 5.87. The first-order valence-electron chi connectivity index (χ1n) is 14.7. The van der Waals surface area contributed by atoms with Crippen LogP contribution >= 0.6 is 0 Å². The van der Waals surface area contributed by atoms with Gasteiger partial charge in [-0.2, -0.15) is 0 Å². The molecule has 1 rings (SSSR count). The molecule has 0 spiro atoms. The summed E-state index contributed by atoms with van der Waals surface area (Å²) < 4.78 is 16.3. The summed E-state index contributed by atoms with van der Waals surface area (Å²) in [5.41, 5.74) is 0.185. The maximum absolute atomic E-state index is 13.0.